The highest BCUT2D eigenvalue weighted by molar-refractivity contribution is 5.20. The molecule has 2 N–H and O–H groups in total. The Morgan fingerprint density at radius 1 is 1.33 bits per heavy atom. The summed E-state index contributed by atoms with van der Waals surface area (Å²) in [7, 11) is 0. The van der Waals surface area contributed by atoms with Crippen LogP contribution in [-0.4, -0.2) is 46.3 Å². The van der Waals surface area contributed by atoms with Crippen molar-refractivity contribution in [3.05, 3.63) is 29.6 Å². The molecule has 4 nitrogen and oxygen atoms in total. The summed E-state index contributed by atoms with van der Waals surface area (Å²) in [6.45, 7) is 13.4. The molecule has 1 spiro atoms. The minimum absolute atomic E-state index is 0.181. The molecule has 3 unspecified atom stereocenters. The smallest absolute Gasteiger partial charge is 0.0700 e. The second-order valence-corrected chi connectivity index (χ2v) is 8.38. The Hall–Kier alpha value is -0.970. The highest BCUT2D eigenvalue weighted by Crippen LogP contribution is 2.53. The first kappa shape index (κ1) is 17.8. The Balaban J connectivity index is 1.68. The minimum atomic E-state index is -0.245. The predicted octanol–water partition coefficient (Wildman–Crippen LogP) is 2.91. The Bertz CT molecular complexity index is 576. The third kappa shape index (κ3) is 3.12. The summed E-state index contributed by atoms with van der Waals surface area (Å²) >= 11 is 0. The van der Waals surface area contributed by atoms with Gasteiger partial charge in [0.2, 0.25) is 0 Å². The van der Waals surface area contributed by atoms with E-state index in [-0.39, 0.29) is 18.2 Å². The third-order valence-electron chi connectivity index (χ3n) is 6.14. The standard InChI is InChI=1S/C20H33N3O/c1-6-23-12-20(19(23)13(2)3)8-17(18(24)9-20)22-15(5)16-7-14(4)10-21-11-16/h7,10-11,13,15,17-19,22,24H,6,8-9,12H2,1-5H3/t15?,17-,18-,19?,20?/m1/s1. The zero-order valence-corrected chi connectivity index (χ0v) is 15.8. The average Bonchev–Trinajstić information content (AvgIpc) is 2.82. The molecule has 1 aliphatic heterocycles. The van der Waals surface area contributed by atoms with E-state index in [4.69, 9.17) is 0 Å². The number of nitrogens with zero attached hydrogens (tertiary/aromatic N) is 2. The number of aryl methyl sites for hydroxylation is 1. The molecule has 1 aromatic heterocycles. The molecule has 1 saturated heterocycles. The van der Waals surface area contributed by atoms with Gasteiger partial charge in [0.1, 0.15) is 0 Å². The number of rotatable bonds is 5. The molecule has 134 valence electrons. The number of aliphatic hydroxyl groups excluding tert-OH is 1. The van der Waals surface area contributed by atoms with E-state index in [2.05, 4.69) is 55.9 Å². The number of likely N-dealkylation sites (tertiary alicyclic amines) is 1. The van der Waals surface area contributed by atoms with Crippen LogP contribution in [0.5, 0.6) is 0 Å². The van der Waals surface area contributed by atoms with Crippen molar-refractivity contribution >= 4 is 0 Å². The zero-order chi connectivity index (χ0) is 17.5. The van der Waals surface area contributed by atoms with Crippen LogP contribution in [0.15, 0.2) is 18.5 Å². The van der Waals surface area contributed by atoms with E-state index in [0.717, 1.165) is 25.9 Å². The molecule has 4 heteroatoms. The van der Waals surface area contributed by atoms with Crippen LogP contribution in [0.2, 0.25) is 0 Å². The van der Waals surface area contributed by atoms with Gasteiger partial charge in [0.25, 0.3) is 0 Å². The lowest BCUT2D eigenvalue weighted by Crippen LogP contribution is -2.65. The SMILES string of the molecule is CCN1CC2(C[C@@H](O)[C@H](NC(C)c3cncc(C)c3)C2)C1C(C)C. The Labute approximate surface area is 146 Å². The van der Waals surface area contributed by atoms with Gasteiger partial charge in [0, 0.05) is 42.5 Å². The summed E-state index contributed by atoms with van der Waals surface area (Å²) in [6.07, 6.45) is 5.59. The summed E-state index contributed by atoms with van der Waals surface area (Å²) in [4.78, 5) is 6.88. The second-order valence-electron chi connectivity index (χ2n) is 8.38. The second kappa shape index (κ2) is 6.74. The molecule has 24 heavy (non-hydrogen) atoms. The first-order valence-electron chi connectivity index (χ1n) is 9.46. The third-order valence-corrected chi connectivity index (χ3v) is 6.14. The lowest BCUT2D eigenvalue weighted by Gasteiger charge is -2.58. The molecular weight excluding hydrogens is 298 g/mol. The first-order chi connectivity index (χ1) is 11.4. The van der Waals surface area contributed by atoms with Crippen LogP contribution < -0.4 is 5.32 Å². The molecule has 1 saturated carbocycles. The highest BCUT2D eigenvalue weighted by Gasteiger charge is 2.58. The Kier molecular flexibility index (Phi) is 5.01. The van der Waals surface area contributed by atoms with E-state index in [9.17, 15) is 5.11 Å². The Morgan fingerprint density at radius 3 is 2.71 bits per heavy atom. The first-order valence-corrected chi connectivity index (χ1v) is 9.46. The molecule has 0 amide bonds. The summed E-state index contributed by atoms with van der Waals surface area (Å²) in [5.41, 5.74) is 2.68. The van der Waals surface area contributed by atoms with Crippen molar-refractivity contribution in [1.29, 1.82) is 0 Å². The molecule has 3 rings (SSSR count). The molecular formula is C20H33N3O. The van der Waals surface area contributed by atoms with Gasteiger partial charge in [0.05, 0.1) is 6.10 Å². The van der Waals surface area contributed by atoms with Gasteiger partial charge in [0.15, 0.2) is 0 Å². The van der Waals surface area contributed by atoms with Gasteiger partial charge < -0.3 is 10.4 Å². The number of aliphatic hydroxyl groups is 1. The van der Waals surface area contributed by atoms with Gasteiger partial charge in [-0.15, -0.1) is 0 Å². The van der Waals surface area contributed by atoms with Crippen LogP contribution in [0.4, 0.5) is 0 Å². The fourth-order valence-corrected chi connectivity index (χ4v) is 5.30. The molecule has 2 heterocycles. The molecule has 1 aliphatic carbocycles. The van der Waals surface area contributed by atoms with Crippen molar-refractivity contribution in [3.63, 3.8) is 0 Å². The largest absolute Gasteiger partial charge is 0.391 e. The van der Waals surface area contributed by atoms with Crippen molar-refractivity contribution < 1.29 is 5.11 Å². The number of hydrogen-bond donors (Lipinski definition) is 2. The molecule has 0 radical (unpaired) electrons. The summed E-state index contributed by atoms with van der Waals surface area (Å²) in [5, 5.41) is 14.4. The quantitative estimate of drug-likeness (QED) is 0.871. The minimum Gasteiger partial charge on any atom is -0.391 e. The van der Waals surface area contributed by atoms with Crippen molar-refractivity contribution in [2.75, 3.05) is 13.1 Å². The summed E-state index contributed by atoms with van der Waals surface area (Å²) < 4.78 is 0. The predicted molar refractivity (Wildman–Crippen MR) is 97.9 cm³/mol. The lowest BCUT2D eigenvalue weighted by atomic mass is 9.65. The average molecular weight is 332 g/mol. The van der Waals surface area contributed by atoms with Crippen LogP contribution in [0, 0.1) is 18.3 Å². The summed E-state index contributed by atoms with van der Waals surface area (Å²) in [6, 6.07) is 3.19. The van der Waals surface area contributed by atoms with Crippen molar-refractivity contribution in [2.24, 2.45) is 11.3 Å². The molecule has 2 aliphatic rings. The fourth-order valence-electron chi connectivity index (χ4n) is 5.30. The van der Waals surface area contributed by atoms with Crippen LogP contribution in [0.3, 0.4) is 0 Å². The van der Waals surface area contributed by atoms with Crippen molar-refractivity contribution in [1.82, 2.24) is 15.2 Å². The number of pyridine rings is 1. The van der Waals surface area contributed by atoms with Crippen molar-refractivity contribution in [2.45, 2.75) is 71.7 Å². The maximum Gasteiger partial charge on any atom is 0.0700 e. The summed E-state index contributed by atoms with van der Waals surface area (Å²) in [5.74, 6) is 0.642. The van der Waals surface area contributed by atoms with Gasteiger partial charge in [-0.3, -0.25) is 9.88 Å². The normalized spacial score (nSPS) is 34.7. The van der Waals surface area contributed by atoms with E-state index in [0.29, 0.717) is 17.4 Å². The molecule has 1 aromatic rings. The zero-order valence-electron chi connectivity index (χ0n) is 15.8. The lowest BCUT2D eigenvalue weighted by molar-refractivity contribution is -0.0964. The van der Waals surface area contributed by atoms with Crippen LogP contribution in [0.1, 0.15) is 57.7 Å². The van der Waals surface area contributed by atoms with E-state index >= 15 is 0 Å². The van der Waals surface area contributed by atoms with Crippen LogP contribution in [0.25, 0.3) is 0 Å². The van der Waals surface area contributed by atoms with Gasteiger partial charge >= 0.3 is 0 Å². The molecule has 0 aromatic carbocycles. The van der Waals surface area contributed by atoms with E-state index in [1.807, 2.05) is 12.4 Å². The van der Waals surface area contributed by atoms with Crippen LogP contribution >= 0.6 is 0 Å². The van der Waals surface area contributed by atoms with Gasteiger partial charge in [-0.1, -0.05) is 26.8 Å². The molecule has 0 bridgehead atoms. The van der Waals surface area contributed by atoms with Gasteiger partial charge in [-0.25, -0.2) is 0 Å². The maximum absolute atomic E-state index is 10.7. The molecule has 5 atom stereocenters. The van der Waals surface area contributed by atoms with E-state index in [1.165, 1.54) is 11.1 Å². The van der Waals surface area contributed by atoms with Crippen molar-refractivity contribution in [3.8, 4) is 0 Å². The highest BCUT2D eigenvalue weighted by atomic mass is 16.3. The molecule has 2 fully saturated rings. The van der Waals surface area contributed by atoms with Crippen LogP contribution in [-0.2, 0) is 0 Å². The maximum atomic E-state index is 10.7. The topological polar surface area (TPSA) is 48.4 Å². The van der Waals surface area contributed by atoms with Gasteiger partial charge in [-0.05, 0) is 50.3 Å². The van der Waals surface area contributed by atoms with E-state index < -0.39 is 0 Å². The monoisotopic (exact) mass is 331 g/mol. The number of nitrogens with one attached hydrogen (secondary N) is 1. The van der Waals surface area contributed by atoms with Gasteiger partial charge in [-0.2, -0.15) is 0 Å². The number of hydrogen-bond acceptors (Lipinski definition) is 4. The number of aromatic nitrogens is 1. The van der Waals surface area contributed by atoms with E-state index in [1.54, 1.807) is 0 Å². The fraction of sp³-hybridized carbons (Fsp3) is 0.750. The Morgan fingerprint density at radius 2 is 2.08 bits per heavy atom.